The molecule has 0 aliphatic carbocycles. The standard InChI is InChI=1S/C15H19Cl2N3O4/c1-15(2,3)24-14(21)19-6-4-18(5-7-19)12-8-11(17)13(20(22)23)9-10(12)16/h8-9H,4-7H2,1-3H3. The van der Waals surface area contributed by atoms with Gasteiger partial charge >= 0.3 is 6.09 Å². The summed E-state index contributed by atoms with van der Waals surface area (Å²) >= 11 is 12.1. The normalized spacial score (nSPS) is 15.4. The van der Waals surface area contributed by atoms with Gasteiger partial charge in [0.2, 0.25) is 0 Å². The molecule has 1 aromatic rings. The van der Waals surface area contributed by atoms with Gasteiger partial charge < -0.3 is 14.5 Å². The molecule has 0 spiro atoms. The number of nitro benzene ring substituents is 1. The van der Waals surface area contributed by atoms with E-state index in [1.807, 2.05) is 25.7 Å². The molecule has 1 amide bonds. The lowest BCUT2D eigenvalue weighted by molar-refractivity contribution is -0.384. The first-order valence-corrected chi connectivity index (χ1v) is 8.20. The maximum atomic E-state index is 12.1. The predicted octanol–water partition coefficient (Wildman–Crippen LogP) is 3.96. The first-order chi connectivity index (χ1) is 11.1. The molecule has 0 N–H and O–H groups in total. The monoisotopic (exact) mass is 375 g/mol. The summed E-state index contributed by atoms with van der Waals surface area (Å²) in [4.78, 5) is 25.9. The van der Waals surface area contributed by atoms with Gasteiger partial charge in [-0.1, -0.05) is 23.2 Å². The third kappa shape index (κ3) is 4.42. The van der Waals surface area contributed by atoms with Crippen LogP contribution in [0.5, 0.6) is 0 Å². The Morgan fingerprint density at radius 3 is 2.25 bits per heavy atom. The minimum absolute atomic E-state index is 0.0361. The number of carbonyl (C=O) groups excluding carboxylic acids is 1. The molecule has 0 aromatic heterocycles. The van der Waals surface area contributed by atoms with Crippen molar-refractivity contribution < 1.29 is 14.5 Å². The van der Waals surface area contributed by atoms with Gasteiger partial charge in [-0.15, -0.1) is 0 Å². The van der Waals surface area contributed by atoms with Crippen LogP contribution in [0.25, 0.3) is 0 Å². The SMILES string of the molecule is CC(C)(C)OC(=O)N1CCN(c2cc(Cl)c([N+](=O)[O-])cc2Cl)CC1. The zero-order chi connectivity index (χ0) is 18.1. The molecule has 0 bridgehead atoms. The molecule has 2 rings (SSSR count). The first kappa shape index (κ1) is 18.6. The van der Waals surface area contributed by atoms with E-state index in [9.17, 15) is 14.9 Å². The minimum atomic E-state index is -0.571. The molecule has 24 heavy (non-hydrogen) atoms. The molecule has 0 radical (unpaired) electrons. The number of rotatable bonds is 2. The molecule has 0 unspecified atom stereocenters. The summed E-state index contributed by atoms with van der Waals surface area (Å²) in [5.41, 5.74) is -0.141. The van der Waals surface area contributed by atoms with Crippen LogP contribution in [0.15, 0.2) is 12.1 Å². The lowest BCUT2D eigenvalue weighted by Gasteiger charge is -2.37. The predicted molar refractivity (Wildman–Crippen MR) is 93.1 cm³/mol. The summed E-state index contributed by atoms with van der Waals surface area (Å²) in [5.74, 6) is 0. The highest BCUT2D eigenvalue weighted by molar-refractivity contribution is 6.36. The number of benzene rings is 1. The fraction of sp³-hybridized carbons (Fsp3) is 0.533. The molecular formula is C15H19Cl2N3O4. The van der Waals surface area contributed by atoms with Gasteiger partial charge in [0.05, 0.1) is 15.6 Å². The van der Waals surface area contributed by atoms with Gasteiger partial charge in [-0.25, -0.2) is 4.79 Å². The summed E-state index contributed by atoms with van der Waals surface area (Å²) in [6.07, 6.45) is -0.352. The highest BCUT2D eigenvalue weighted by atomic mass is 35.5. The van der Waals surface area contributed by atoms with E-state index in [-0.39, 0.29) is 21.8 Å². The number of hydrogen-bond donors (Lipinski definition) is 0. The fourth-order valence-electron chi connectivity index (χ4n) is 2.36. The lowest BCUT2D eigenvalue weighted by Crippen LogP contribution is -2.50. The van der Waals surface area contributed by atoms with Crippen LogP contribution in [0.3, 0.4) is 0 Å². The number of nitrogens with zero attached hydrogens (tertiary/aromatic N) is 3. The number of anilines is 1. The smallest absolute Gasteiger partial charge is 0.410 e. The van der Waals surface area contributed by atoms with Crippen LogP contribution in [0.4, 0.5) is 16.2 Å². The first-order valence-electron chi connectivity index (χ1n) is 7.45. The molecule has 1 fully saturated rings. The highest BCUT2D eigenvalue weighted by Gasteiger charge is 2.27. The van der Waals surface area contributed by atoms with E-state index >= 15 is 0 Å². The number of hydrogen-bond acceptors (Lipinski definition) is 5. The van der Waals surface area contributed by atoms with Gasteiger partial charge in [-0.2, -0.15) is 0 Å². The third-order valence-electron chi connectivity index (χ3n) is 3.49. The van der Waals surface area contributed by atoms with Gasteiger partial charge in [0.25, 0.3) is 5.69 Å². The molecular weight excluding hydrogens is 357 g/mol. The molecule has 0 saturated carbocycles. The van der Waals surface area contributed by atoms with E-state index in [1.165, 1.54) is 12.1 Å². The Balaban J connectivity index is 2.06. The quantitative estimate of drug-likeness (QED) is 0.577. The largest absolute Gasteiger partial charge is 0.444 e. The second-order valence-electron chi connectivity index (χ2n) is 6.47. The number of ether oxygens (including phenoxy) is 1. The van der Waals surface area contributed by atoms with Crippen LogP contribution in [0, 0.1) is 10.1 Å². The van der Waals surface area contributed by atoms with Crippen LogP contribution in [0.1, 0.15) is 20.8 Å². The number of piperazine rings is 1. The van der Waals surface area contributed by atoms with Crippen molar-refractivity contribution in [2.45, 2.75) is 26.4 Å². The van der Waals surface area contributed by atoms with Crippen molar-refractivity contribution in [3.8, 4) is 0 Å². The Kier molecular flexibility index (Phi) is 5.45. The minimum Gasteiger partial charge on any atom is -0.444 e. The van der Waals surface area contributed by atoms with Crippen molar-refractivity contribution in [3.63, 3.8) is 0 Å². The average Bonchev–Trinajstić information content (AvgIpc) is 2.47. The van der Waals surface area contributed by atoms with Gasteiger partial charge in [-0.3, -0.25) is 10.1 Å². The van der Waals surface area contributed by atoms with Crippen molar-refractivity contribution in [1.29, 1.82) is 0 Å². The van der Waals surface area contributed by atoms with Crippen LogP contribution < -0.4 is 4.90 Å². The van der Waals surface area contributed by atoms with Gasteiger partial charge in [0.1, 0.15) is 10.6 Å². The molecule has 1 heterocycles. The van der Waals surface area contributed by atoms with E-state index in [2.05, 4.69) is 0 Å². The lowest BCUT2D eigenvalue weighted by atomic mass is 10.2. The average molecular weight is 376 g/mol. The van der Waals surface area contributed by atoms with Crippen LogP contribution >= 0.6 is 23.2 Å². The Morgan fingerprint density at radius 2 is 1.75 bits per heavy atom. The summed E-state index contributed by atoms with van der Waals surface area (Å²) in [6.45, 7) is 7.47. The van der Waals surface area contributed by atoms with E-state index < -0.39 is 10.5 Å². The Hall–Kier alpha value is -1.73. The van der Waals surface area contributed by atoms with Gasteiger partial charge in [0.15, 0.2) is 0 Å². The molecule has 1 saturated heterocycles. The zero-order valence-corrected chi connectivity index (χ0v) is 15.2. The second-order valence-corrected chi connectivity index (χ2v) is 7.28. The summed E-state index contributed by atoms with van der Waals surface area (Å²) < 4.78 is 5.35. The van der Waals surface area contributed by atoms with E-state index in [0.717, 1.165) is 0 Å². The summed E-state index contributed by atoms with van der Waals surface area (Å²) in [6, 6.07) is 2.74. The number of carbonyl (C=O) groups is 1. The van der Waals surface area contributed by atoms with Gasteiger partial charge in [0, 0.05) is 32.2 Å². The van der Waals surface area contributed by atoms with Crippen LogP contribution in [-0.2, 0) is 4.74 Å². The van der Waals surface area contributed by atoms with E-state index in [1.54, 1.807) is 4.90 Å². The van der Waals surface area contributed by atoms with Crippen LogP contribution in [-0.4, -0.2) is 47.7 Å². The summed E-state index contributed by atoms with van der Waals surface area (Å²) in [7, 11) is 0. The maximum absolute atomic E-state index is 12.1. The van der Waals surface area contributed by atoms with Crippen molar-refractivity contribution in [1.82, 2.24) is 4.90 Å². The Labute approximate surface area is 150 Å². The zero-order valence-electron chi connectivity index (χ0n) is 13.7. The fourth-order valence-corrected chi connectivity index (χ4v) is 2.87. The van der Waals surface area contributed by atoms with Gasteiger partial charge in [-0.05, 0) is 26.8 Å². The molecule has 9 heteroatoms. The van der Waals surface area contributed by atoms with E-state index in [4.69, 9.17) is 27.9 Å². The molecule has 1 aliphatic rings. The Morgan fingerprint density at radius 1 is 1.17 bits per heavy atom. The molecule has 7 nitrogen and oxygen atoms in total. The molecule has 0 atom stereocenters. The number of amides is 1. The van der Waals surface area contributed by atoms with Crippen molar-refractivity contribution in [3.05, 3.63) is 32.3 Å². The Bertz CT molecular complexity index is 653. The molecule has 132 valence electrons. The third-order valence-corrected chi connectivity index (χ3v) is 4.09. The second kappa shape index (κ2) is 7.03. The maximum Gasteiger partial charge on any atom is 0.410 e. The number of nitro groups is 1. The summed E-state index contributed by atoms with van der Waals surface area (Å²) in [5, 5.41) is 11.2. The number of halogens is 2. The van der Waals surface area contributed by atoms with E-state index in [0.29, 0.717) is 31.9 Å². The van der Waals surface area contributed by atoms with Crippen molar-refractivity contribution >= 4 is 40.7 Å². The van der Waals surface area contributed by atoms with Crippen LogP contribution in [0.2, 0.25) is 10.0 Å². The molecule has 1 aromatic carbocycles. The highest BCUT2D eigenvalue weighted by Crippen LogP contribution is 2.36. The van der Waals surface area contributed by atoms with Crippen molar-refractivity contribution in [2.24, 2.45) is 0 Å². The van der Waals surface area contributed by atoms with Crippen molar-refractivity contribution in [2.75, 3.05) is 31.1 Å². The molecule has 1 aliphatic heterocycles. The topological polar surface area (TPSA) is 75.9 Å².